The second kappa shape index (κ2) is 4.39. The maximum absolute atomic E-state index is 11.0. The van der Waals surface area contributed by atoms with E-state index in [0.717, 1.165) is 19.5 Å². The molecular formula is C8H17NO3S. The first-order valence-electron chi connectivity index (χ1n) is 4.52. The van der Waals surface area contributed by atoms with E-state index >= 15 is 0 Å². The molecule has 0 aromatic rings. The van der Waals surface area contributed by atoms with Crippen LogP contribution in [0.1, 0.15) is 6.42 Å². The monoisotopic (exact) mass is 207 g/mol. The highest BCUT2D eigenvalue weighted by Gasteiger charge is 2.26. The minimum atomic E-state index is -2.96. The van der Waals surface area contributed by atoms with Crippen molar-refractivity contribution in [2.24, 2.45) is 11.8 Å². The predicted molar refractivity (Wildman–Crippen MR) is 51.3 cm³/mol. The van der Waals surface area contributed by atoms with Crippen molar-refractivity contribution in [1.82, 2.24) is 5.32 Å². The number of aliphatic hydroxyl groups is 1. The van der Waals surface area contributed by atoms with E-state index < -0.39 is 9.84 Å². The third-order valence-corrected chi connectivity index (χ3v) is 3.55. The zero-order valence-corrected chi connectivity index (χ0v) is 8.68. The van der Waals surface area contributed by atoms with Gasteiger partial charge < -0.3 is 10.4 Å². The van der Waals surface area contributed by atoms with Crippen molar-refractivity contribution in [3.05, 3.63) is 0 Å². The summed E-state index contributed by atoms with van der Waals surface area (Å²) in [5.41, 5.74) is 0. The van der Waals surface area contributed by atoms with Crippen molar-refractivity contribution in [3.63, 3.8) is 0 Å². The summed E-state index contributed by atoms with van der Waals surface area (Å²) in [7, 11) is -2.96. The first-order chi connectivity index (χ1) is 6.03. The van der Waals surface area contributed by atoms with E-state index in [-0.39, 0.29) is 18.3 Å². The summed E-state index contributed by atoms with van der Waals surface area (Å²) in [4.78, 5) is 0. The lowest BCUT2D eigenvalue weighted by Gasteiger charge is -2.19. The Labute approximate surface area is 79.3 Å². The van der Waals surface area contributed by atoms with Crippen molar-refractivity contribution in [2.45, 2.75) is 6.42 Å². The molecule has 5 heteroatoms. The molecule has 78 valence electrons. The van der Waals surface area contributed by atoms with Gasteiger partial charge in [-0.1, -0.05) is 0 Å². The van der Waals surface area contributed by atoms with Crippen molar-refractivity contribution >= 4 is 9.84 Å². The number of hydrogen-bond acceptors (Lipinski definition) is 4. The maximum atomic E-state index is 11.0. The Kier molecular flexibility index (Phi) is 3.70. The molecule has 1 aliphatic heterocycles. The van der Waals surface area contributed by atoms with Crippen LogP contribution in [-0.2, 0) is 9.84 Å². The SMILES string of the molecule is CS(=O)(=O)CC(CO)C1CCNC1. The second-order valence-corrected chi connectivity index (χ2v) is 5.97. The van der Waals surface area contributed by atoms with Crippen LogP contribution >= 0.6 is 0 Å². The molecule has 1 saturated heterocycles. The van der Waals surface area contributed by atoms with Crippen LogP contribution in [0.25, 0.3) is 0 Å². The molecule has 1 aliphatic rings. The lowest BCUT2D eigenvalue weighted by Crippen LogP contribution is -2.27. The summed E-state index contributed by atoms with van der Waals surface area (Å²) in [5.74, 6) is 0.334. The summed E-state index contributed by atoms with van der Waals surface area (Å²) in [6.45, 7) is 1.74. The lowest BCUT2D eigenvalue weighted by atomic mass is 9.94. The lowest BCUT2D eigenvalue weighted by molar-refractivity contribution is 0.197. The summed E-state index contributed by atoms with van der Waals surface area (Å²) in [6, 6.07) is 0. The van der Waals surface area contributed by atoms with Gasteiger partial charge in [-0.05, 0) is 31.3 Å². The van der Waals surface area contributed by atoms with E-state index in [4.69, 9.17) is 5.11 Å². The molecule has 0 radical (unpaired) electrons. The molecule has 0 aromatic heterocycles. The number of hydrogen-bond donors (Lipinski definition) is 2. The van der Waals surface area contributed by atoms with Gasteiger partial charge in [0, 0.05) is 12.9 Å². The Hall–Kier alpha value is -0.130. The summed E-state index contributed by atoms with van der Waals surface area (Å²) < 4.78 is 22.1. The number of aliphatic hydroxyl groups excluding tert-OH is 1. The van der Waals surface area contributed by atoms with E-state index in [1.165, 1.54) is 6.26 Å². The Balaban J connectivity index is 2.51. The largest absolute Gasteiger partial charge is 0.396 e. The third-order valence-electron chi connectivity index (χ3n) is 2.52. The van der Waals surface area contributed by atoms with Gasteiger partial charge in [-0.15, -0.1) is 0 Å². The predicted octanol–water partition coefficient (Wildman–Crippen LogP) is -0.751. The van der Waals surface area contributed by atoms with E-state index in [9.17, 15) is 8.42 Å². The van der Waals surface area contributed by atoms with Gasteiger partial charge in [0.25, 0.3) is 0 Å². The summed E-state index contributed by atoms with van der Waals surface area (Å²) in [5, 5.41) is 12.2. The quantitative estimate of drug-likeness (QED) is 0.636. The highest BCUT2D eigenvalue weighted by atomic mass is 32.2. The fourth-order valence-electron chi connectivity index (χ4n) is 1.81. The fourth-order valence-corrected chi connectivity index (χ4v) is 2.96. The molecule has 0 aliphatic carbocycles. The molecule has 13 heavy (non-hydrogen) atoms. The smallest absolute Gasteiger partial charge is 0.147 e. The molecule has 0 saturated carbocycles. The van der Waals surface area contributed by atoms with Gasteiger partial charge in [-0.25, -0.2) is 8.42 Å². The van der Waals surface area contributed by atoms with Crippen molar-refractivity contribution in [3.8, 4) is 0 Å². The standard InChI is InChI=1S/C8H17NO3S/c1-13(11,12)6-8(5-10)7-2-3-9-4-7/h7-10H,2-6H2,1H3. The van der Waals surface area contributed by atoms with Crippen molar-refractivity contribution in [1.29, 1.82) is 0 Å². The molecule has 1 fully saturated rings. The van der Waals surface area contributed by atoms with Crippen LogP contribution in [0.5, 0.6) is 0 Å². The topological polar surface area (TPSA) is 66.4 Å². The third kappa shape index (κ3) is 3.62. The normalized spacial score (nSPS) is 26.2. The van der Waals surface area contributed by atoms with Gasteiger partial charge in [-0.3, -0.25) is 0 Å². The van der Waals surface area contributed by atoms with Gasteiger partial charge in [-0.2, -0.15) is 0 Å². The molecule has 0 spiro atoms. The molecule has 2 unspecified atom stereocenters. The van der Waals surface area contributed by atoms with Crippen LogP contribution < -0.4 is 5.32 Å². The molecule has 1 heterocycles. The zero-order valence-electron chi connectivity index (χ0n) is 7.86. The Morgan fingerprint density at radius 2 is 2.31 bits per heavy atom. The van der Waals surface area contributed by atoms with Crippen molar-refractivity contribution in [2.75, 3.05) is 31.7 Å². The molecule has 1 rings (SSSR count). The highest BCUT2D eigenvalue weighted by Crippen LogP contribution is 2.19. The van der Waals surface area contributed by atoms with E-state index in [1.807, 2.05) is 0 Å². The second-order valence-electron chi connectivity index (χ2n) is 3.79. The Morgan fingerprint density at radius 1 is 1.62 bits per heavy atom. The van der Waals surface area contributed by atoms with Crippen LogP contribution in [0.3, 0.4) is 0 Å². The van der Waals surface area contributed by atoms with Crippen LogP contribution in [0.4, 0.5) is 0 Å². The average Bonchev–Trinajstić information content (AvgIpc) is 2.50. The Morgan fingerprint density at radius 3 is 2.69 bits per heavy atom. The van der Waals surface area contributed by atoms with Crippen LogP contribution in [0.2, 0.25) is 0 Å². The van der Waals surface area contributed by atoms with E-state index in [1.54, 1.807) is 0 Å². The van der Waals surface area contributed by atoms with E-state index in [0.29, 0.717) is 5.92 Å². The first-order valence-corrected chi connectivity index (χ1v) is 6.58. The summed E-state index contributed by atoms with van der Waals surface area (Å²) >= 11 is 0. The molecular weight excluding hydrogens is 190 g/mol. The van der Waals surface area contributed by atoms with Crippen molar-refractivity contribution < 1.29 is 13.5 Å². The molecule has 0 amide bonds. The highest BCUT2D eigenvalue weighted by molar-refractivity contribution is 7.90. The van der Waals surface area contributed by atoms with Crippen LogP contribution in [-0.4, -0.2) is 45.2 Å². The number of rotatable bonds is 4. The molecule has 0 bridgehead atoms. The van der Waals surface area contributed by atoms with Crippen LogP contribution in [0.15, 0.2) is 0 Å². The van der Waals surface area contributed by atoms with Gasteiger partial charge in [0.1, 0.15) is 9.84 Å². The molecule has 2 atom stereocenters. The first kappa shape index (κ1) is 10.9. The average molecular weight is 207 g/mol. The van der Waals surface area contributed by atoms with Crippen LogP contribution in [0, 0.1) is 11.8 Å². The minimum absolute atomic E-state index is 0.0284. The number of nitrogens with one attached hydrogen (secondary N) is 1. The van der Waals surface area contributed by atoms with Gasteiger partial charge in [0.05, 0.1) is 5.75 Å². The maximum Gasteiger partial charge on any atom is 0.147 e. The fraction of sp³-hybridized carbons (Fsp3) is 1.00. The minimum Gasteiger partial charge on any atom is -0.396 e. The van der Waals surface area contributed by atoms with Gasteiger partial charge >= 0.3 is 0 Å². The van der Waals surface area contributed by atoms with Gasteiger partial charge in [0.2, 0.25) is 0 Å². The summed E-state index contributed by atoms with van der Waals surface area (Å²) in [6.07, 6.45) is 2.19. The molecule has 4 nitrogen and oxygen atoms in total. The zero-order chi connectivity index (χ0) is 9.90. The van der Waals surface area contributed by atoms with E-state index in [2.05, 4.69) is 5.32 Å². The number of sulfone groups is 1. The Bertz CT molecular complexity index is 244. The molecule has 2 N–H and O–H groups in total. The molecule has 0 aromatic carbocycles. The van der Waals surface area contributed by atoms with Gasteiger partial charge in [0.15, 0.2) is 0 Å².